The molecule has 1 aromatic heterocycles. The molecule has 4 nitrogen and oxygen atoms in total. The van der Waals surface area contributed by atoms with E-state index in [0.29, 0.717) is 12.6 Å². The van der Waals surface area contributed by atoms with Gasteiger partial charge in [0.25, 0.3) is 0 Å². The Hall–Kier alpha value is -1.13. The van der Waals surface area contributed by atoms with Gasteiger partial charge in [-0.3, -0.25) is 4.98 Å². The summed E-state index contributed by atoms with van der Waals surface area (Å²) in [5.74, 6) is 0. The number of rotatable bonds is 3. The number of anilines is 1. The van der Waals surface area contributed by atoms with Crippen LogP contribution in [0.15, 0.2) is 18.5 Å². The highest BCUT2D eigenvalue weighted by Gasteiger charge is 2.16. The first-order valence-electron chi connectivity index (χ1n) is 5.87. The Bertz CT molecular complexity index is 332. The van der Waals surface area contributed by atoms with Gasteiger partial charge in [0.05, 0.1) is 0 Å². The highest BCUT2D eigenvalue weighted by atomic mass is 15.1. The average molecular weight is 220 g/mol. The van der Waals surface area contributed by atoms with Gasteiger partial charge in [-0.1, -0.05) is 0 Å². The van der Waals surface area contributed by atoms with Crippen molar-refractivity contribution in [1.29, 1.82) is 0 Å². The van der Waals surface area contributed by atoms with Crippen molar-refractivity contribution in [2.45, 2.75) is 25.4 Å². The Labute approximate surface area is 96.8 Å². The van der Waals surface area contributed by atoms with E-state index in [-0.39, 0.29) is 0 Å². The molecular formula is C12H20N4. The standard InChI is InChI=1S/C12H20N4/c1-16-6-3-11(4-7-16)15-12-2-5-14-9-10(12)8-13/h2,5,9,11H,3-4,6-8,13H2,1H3,(H,14,15). The minimum absolute atomic E-state index is 0.544. The zero-order valence-corrected chi connectivity index (χ0v) is 9.82. The summed E-state index contributed by atoms with van der Waals surface area (Å²) in [7, 11) is 2.17. The molecule has 0 amide bonds. The van der Waals surface area contributed by atoms with Crippen molar-refractivity contribution in [3.63, 3.8) is 0 Å². The number of likely N-dealkylation sites (tertiary alicyclic amines) is 1. The van der Waals surface area contributed by atoms with Crippen molar-refractivity contribution in [2.75, 3.05) is 25.5 Å². The first kappa shape index (κ1) is 11.4. The molecule has 0 saturated carbocycles. The zero-order chi connectivity index (χ0) is 11.4. The monoisotopic (exact) mass is 220 g/mol. The maximum atomic E-state index is 5.69. The van der Waals surface area contributed by atoms with Crippen molar-refractivity contribution in [3.8, 4) is 0 Å². The van der Waals surface area contributed by atoms with E-state index in [1.165, 1.54) is 25.9 Å². The number of nitrogens with one attached hydrogen (secondary N) is 1. The summed E-state index contributed by atoms with van der Waals surface area (Å²) >= 11 is 0. The Kier molecular flexibility index (Phi) is 3.74. The van der Waals surface area contributed by atoms with Crippen LogP contribution >= 0.6 is 0 Å². The molecule has 1 aromatic rings. The van der Waals surface area contributed by atoms with Gasteiger partial charge in [-0.05, 0) is 39.0 Å². The van der Waals surface area contributed by atoms with Crippen LogP contribution in [0.3, 0.4) is 0 Å². The van der Waals surface area contributed by atoms with Crippen LogP contribution in [0.2, 0.25) is 0 Å². The van der Waals surface area contributed by atoms with Gasteiger partial charge in [0.15, 0.2) is 0 Å². The molecule has 1 aliphatic heterocycles. The fourth-order valence-electron chi connectivity index (χ4n) is 2.10. The number of nitrogens with two attached hydrogens (primary N) is 1. The molecular weight excluding hydrogens is 200 g/mol. The molecule has 1 aliphatic rings. The van der Waals surface area contributed by atoms with E-state index in [1.54, 1.807) is 0 Å². The molecule has 0 bridgehead atoms. The highest BCUT2D eigenvalue weighted by Crippen LogP contribution is 2.18. The number of hydrogen-bond acceptors (Lipinski definition) is 4. The fraction of sp³-hybridized carbons (Fsp3) is 0.583. The van der Waals surface area contributed by atoms with Crippen LogP contribution in [0.4, 0.5) is 5.69 Å². The van der Waals surface area contributed by atoms with Gasteiger partial charge in [-0.2, -0.15) is 0 Å². The predicted molar refractivity (Wildman–Crippen MR) is 66.3 cm³/mol. The topological polar surface area (TPSA) is 54.2 Å². The maximum absolute atomic E-state index is 5.69. The number of aromatic nitrogens is 1. The fourth-order valence-corrected chi connectivity index (χ4v) is 2.10. The van der Waals surface area contributed by atoms with Crippen molar-refractivity contribution in [3.05, 3.63) is 24.0 Å². The quantitative estimate of drug-likeness (QED) is 0.799. The van der Waals surface area contributed by atoms with Crippen LogP contribution < -0.4 is 11.1 Å². The molecule has 88 valence electrons. The molecule has 0 aromatic carbocycles. The summed E-state index contributed by atoms with van der Waals surface area (Å²) in [6.45, 7) is 2.88. The Morgan fingerprint density at radius 1 is 1.50 bits per heavy atom. The maximum Gasteiger partial charge on any atom is 0.0418 e. The summed E-state index contributed by atoms with van der Waals surface area (Å²) in [6, 6.07) is 2.59. The molecule has 0 spiro atoms. The number of piperidine rings is 1. The van der Waals surface area contributed by atoms with Crippen molar-refractivity contribution in [1.82, 2.24) is 9.88 Å². The van der Waals surface area contributed by atoms with E-state index in [2.05, 4.69) is 22.2 Å². The van der Waals surface area contributed by atoms with Crippen LogP contribution in [0, 0.1) is 0 Å². The minimum atomic E-state index is 0.544. The van der Waals surface area contributed by atoms with E-state index in [0.717, 1.165) is 11.3 Å². The van der Waals surface area contributed by atoms with Crippen LogP contribution in [0.5, 0.6) is 0 Å². The second-order valence-corrected chi connectivity index (χ2v) is 4.46. The van der Waals surface area contributed by atoms with Gasteiger partial charge in [-0.15, -0.1) is 0 Å². The first-order valence-corrected chi connectivity index (χ1v) is 5.87. The Balaban J connectivity index is 1.98. The molecule has 3 N–H and O–H groups in total. The molecule has 2 heterocycles. The number of pyridine rings is 1. The van der Waals surface area contributed by atoms with E-state index in [1.807, 2.05) is 18.5 Å². The first-order chi connectivity index (χ1) is 7.79. The van der Waals surface area contributed by atoms with Crippen LogP contribution in [-0.4, -0.2) is 36.1 Å². The second kappa shape index (κ2) is 5.27. The third kappa shape index (κ3) is 2.71. The largest absolute Gasteiger partial charge is 0.382 e. The smallest absolute Gasteiger partial charge is 0.0418 e. The Morgan fingerprint density at radius 2 is 2.25 bits per heavy atom. The van der Waals surface area contributed by atoms with E-state index in [4.69, 9.17) is 5.73 Å². The van der Waals surface area contributed by atoms with Crippen LogP contribution in [-0.2, 0) is 6.54 Å². The lowest BCUT2D eigenvalue weighted by atomic mass is 10.0. The van der Waals surface area contributed by atoms with E-state index >= 15 is 0 Å². The SMILES string of the molecule is CN1CCC(Nc2ccncc2CN)CC1. The minimum Gasteiger partial charge on any atom is -0.382 e. The zero-order valence-electron chi connectivity index (χ0n) is 9.82. The molecule has 0 atom stereocenters. The lowest BCUT2D eigenvalue weighted by molar-refractivity contribution is 0.264. The lowest BCUT2D eigenvalue weighted by Gasteiger charge is -2.30. The number of nitrogens with zero attached hydrogens (tertiary/aromatic N) is 2. The number of hydrogen-bond donors (Lipinski definition) is 2. The van der Waals surface area contributed by atoms with Gasteiger partial charge < -0.3 is 16.0 Å². The van der Waals surface area contributed by atoms with Gasteiger partial charge >= 0.3 is 0 Å². The summed E-state index contributed by atoms with van der Waals surface area (Å²) in [4.78, 5) is 6.46. The van der Waals surface area contributed by atoms with E-state index < -0.39 is 0 Å². The van der Waals surface area contributed by atoms with Crippen molar-refractivity contribution >= 4 is 5.69 Å². The molecule has 16 heavy (non-hydrogen) atoms. The summed E-state index contributed by atoms with van der Waals surface area (Å²) in [5, 5.41) is 3.57. The van der Waals surface area contributed by atoms with Gasteiger partial charge in [0.2, 0.25) is 0 Å². The Morgan fingerprint density at radius 3 is 2.94 bits per heavy atom. The van der Waals surface area contributed by atoms with Crippen LogP contribution in [0.25, 0.3) is 0 Å². The molecule has 2 rings (SSSR count). The highest BCUT2D eigenvalue weighted by molar-refractivity contribution is 5.50. The van der Waals surface area contributed by atoms with Crippen molar-refractivity contribution in [2.24, 2.45) is 5.73 Å². The lowest BCUT2D eigenvalue weighted by Crippen LogP contribution is -2.36. The predicted octanol–water partition coefficient (Wildman–Crippen LogP) is 1.05. The van der Waals surface area contributed by atoms with E-state index in [9.17, 15) is 0 Å². The van der Waals surface area contributed by atoms with Gasteiger partial charge in [-0.25, -0.2) is 0 Å². The summed E-state index contributed by atoms with van der Waals surface area (Å²) in [6.07, 6.45) is 6.05. The molecule has 4 heteroatoms. The van der Waals surface area contributed by atoms with Gasteiger partial charge in [0, 0.05) is 36.2 Å². The normalized spacial score (nSPS) is 18.6. The third-order valence-electron chi connectivity index (χ3n) is 3.20. The molecule has 1 fully saturated rings. The molecule has 1 saturated heterocycles. The van der Waals surface area contributed by atoms with Gasteiger partial charge in [0.1, 0.15) is 0 Å². The summed E-state index contributed by atoms with van der Waals surface area (Å²) < 4.78 is 0. The average Bonchev–Trinajstić information content (AvgIpc) is 2.33. The molecule has 0 unspecified atom stereocenters. The van der Waals surface area contributed by atoms with Crippen LogP contribution in [0.1, 0.15) is 18.4 Å². The molecule has 0 radical (unpaired) electrons. The second-order valence-electron chi connectivity index (χ2n) is 4.46. The van der Waals surface area contributed by atoms with Crippen molar-refractivity contribution < 1.29 is 0 Å². The third-order valence-corrected chi connectivity index (χ3v) is 3.20. The molecule has 0 aliphatic carbocycles. The summed E-state index contributed by atoms with van der Waals surface area (Å²) in [5.41, 5.74) is 7.93.